The highest BCUT2D eigenvalue weighted by molar-refractivity contribution is 5.90. The molecule has 1 amide bonds. The summed E-state index contributed by atoms with van der Waals surface area (Å²) >= 11 is 0. The molecule has 2 aliphatic rings. The van der Waals surface area contributed by atoms with Crippen molar-refractivity contribution in [2.24, 2.45) is 0 Å². The van der Waals surface area contributed by atoms with Crippen LogP contribution in [-0.2, 0) is 31.0 Å². The quantitative estimate of drug-likeness (QED) is 0.169. The van der Waals surface area contributed by atoms with Crippen LogP contribution >= 0.6 is 12.4 Å². The topological polar surface area (TPSA) is 201 Å². The predicted octanol–water partition coefficient (Wildman–Crippen LogP) is 4.04. The van der Waals surface area contributed by atoms with Gasteiger partial charge in [0.05, 0.1) is 61.5 Å². The lowest BCUT2D eigenvalue weighted by Gasteiger charge is -2.20. The molecule has 6 aromatic rings. The zero-order chi connectivity index (χ0) is 34.3. The maximum Gasteiger partial charge on any atom is 0.412 e. The van der Waals surface area contributed by atoms with Gasteiger partial charge in [0, 0.05) is 24.8 Å². The van der Waals surface area contributed by atoms with Crippen molar-refractivity contribution in [1.29, 1.82) is 0 Å². The van der Waals surface area contributed by atoms with Crippen molar-refractivity contribution in [3.05, 3.63) is 83.2 Å². The third kappa shape index (κ3) is 8.21. The number of nitrogens with zero attached hydrogens (tertiary/aromatic N) is 10. The van der Waals surface area contributed by atoms with Crippen LogP contribution in [0.15, 0.2) is 49.3 Å². The van der Waals surface area contributed by atoms with Gasteiger partial charge in [0.15, 0.2) is 11.3 Å². The molecule has 0 unspecified atom stereocenters. The van der Waals surface area contributed by atoms with Gasteiger partial charge in [-0.1, -0.05) is 10.4 Å². The minimum Gasteiger partial charge on any atom is -0.444 e. The monoisotopic (exact) mass is 704 g/mol. The van der Waals surface area contributed by atoms with E-state index in [4.69, 9.17) is 20.7 Å². The SMILES string of the molecule is CC(C)(C)OC(=O)Nc1cc(C2CC2)cn2cc(Cn3cc(CO)nn3)nc12.Cl.Nc1cc(C2CC2)cn2cc(Cn3cc(CO)nn3)nc12. The molecule has 6 heterocycles. The molecule has 17 heteroatoms. The van der Waals surface area contributed by atoms with E-state index in [0.717, 1.165) is 29.9 Å². The number of halogens is 1. The van der Waals surface area contributed by atoms with E-state index in [1.54, 1.807) is 21.8 Å². The average molecular weight is 705 g/mol. The number of amides is 1. The summed E-state index contributed by atoms with van der Waals surface area (Å²) in [6.45, 7) is 6.15. The molecule has 0 bridgehead atoms. The molecule has 16 nitrogen and oxygen atoms in total. The summed E-state index contributed by atoms with van der Waals surface area (Å²) in [6.07, 6.45) is 15.7. The van der Waals surface area contributed by atoms with Crippen LogP contribution < -0.4 is 11.1 Å². The summed E-state index contributed by atoms with van der Waals surface area (Å²) in [5.41, 5.74) is 13.4. The number of hydrogen-bond donors (Lipinski definition) is 4. The Hall–Kier alpha value is -5.06. The van der Waals surface area contributed by atoms with Gasteiger partial charge in [0.25, 0.3) is 0 Å². The summed E-state index contributed by atoms with van der Waals surface area (Å²) in [5, 5.41) is 36.7. The molecule has 8 rings (SSSR count). The van der Waals surface area contributed by atoms with Crippen LogP contribution in [-0.4, -0.2) is 70.7 Å². The lowest BCUT2D eigenvalue weighted by molar-refractivity contribution is 0.0636. The minimum absolute atomic E-state index is 0. The smallest absolute Gasteiger partial charge is 0.412 e. The highest BCUT2D eigenvalue weighted by atomic mass is 35.5. The number of nitrogens with two attached hydrogens (primary N) is 1. The fraction of sp³-hybridized carbons (Fsp3) is 0.424. The zero-order valence-electron chi connectivity index (χ0n) is 28.1. The van der Waals surface area contributed by atoms with Crippen molar-refractivity contribution in [1.82, 2.24) is 48.8 Å². The Morgan fingerprint density at radius 3 is 1.78 bits per heavy atom. The molecule has 0 radical (unpaired) electrons. The number of anilines is 2. The molecule has 0 saturated heterocycles. The second-order valence-corrected chi connectivity index (χ2v) is 13.6. The molecular formula is C33H41ClN12O4. The van der Waals surface area contributed by atoms with Gasteiger partial charge in [0.2, 0.25) is 0 Å². The van der Waals surface area contributed by atoms with Gasteiger partial charge >= 0.3 is 6.09 Å². The normalized spacial score (nSPS) is 14.3. The lowest BCUT2D eigenvalue weighted by atomic mass is 10.2. The predicted molar refractivity (Wildman–Crippen MR) is 186 cm³/mol. The number of nitrogens with one attached hydrogen (secondary N) is 1. The van der Waals surface area contributed by atoms with E-state index in [1.807, 2.05) is 54.1 Å². The third-order valence-corrected chi connectivity index (χ3v) is 8.15. The maximum atomic E-state index is 12.3. The highest BCUT2D eigenvalue weighted by Gasteiger charge is 2.27. The Labute approximate surface area is 293 Å². The molecule has 0 atom stereocenters. The zero-order valence-corrected chi connectivity index (χ0v) is 28.9. The number of carbonyl (C=O) groups excluding carboxylic acids is 1. The minimum atomic E-state index is -0.577. The summed E-state index contributed by atoms with van der Waals surface area (Å²) in [4.78, 5) is 21.5. The summed E-state index contributed by atoms with van der Waals surface area (Å²) in [6, 6.07) is 4.01. The third-order valence-electron chi connectivity index (χ3n) is 8.15. The Morgan fingerprint density at radius 1 is 0.800 bits per heavy atom. The van der Waals surface area contributed by atoms with Crippen LogP contribution in [0, 0.1) is 0 Å². The van der Waals surface area contributed by atoms with E-state index in [-0.39, 0.29) is 25.6 Å². The first-order valence-corrected chi connectivity index (χ1v) is 16.3. The number of rotatable bonds is 9. The Morgan fingerprint density at radius 2 is 1.30 bits per heavy atom. The van der Waals surface area contributed by atoms with Gasteiger partial charge in [-0.05, 0) is 81.5 Å². The number of carbonyl (C=O) groups is 1. The van der Waals surface area contributed by atoms with Crippen LogP contribution in [0.1, 0.15) is 92.2 Å². The fourth-order valence-electron chi connectivity index (χ4n) is 5.62. The molecule has 2 fully saturated rings. The van der Waals surface area contributed by atoms with E-state index in [1.165, 1.54) is 24.0 Å². The van der Waals surface area contributed by atoms with Crippen molar-refractivity contribution in [3.63, 3.8) is 0 Å². The molecule has 2 aliphatic carbocycles. The van der Waals surface area contributed by atoms with Gasteiger partial charge < -0.3 is 29.5 Å². The van der Waals surface area contributed by atoms with E-state index in [9.17, 15) is 4.79 Å². The van der Waals surface area contributed by atoms with Crippen molar-refractivity contribution >= 4 is 41.2 Å². The van der Waals surface area contributed by atoms with Crippen molar-refractivity contribution in [3.8, 4) is 0 Å². The first-order chi connectivity index (χ1) is 23.5. The van der Waals surface area contributed by atoms with Crippen LogP contribution in [0.25, 0.3) is 11.3 Å². The molecule has 2 saturated carbocycles. The number of nitrogen functional groups attached to an aromatic ring is 1. The molecule has 0 aromatic carbocycles. The average Bonchev–Trinajstić information content (AvgIpc) is 3.89. The number of aliphatic hydroxyl groups is 2. The Balaban J connectivity index is 0.000000176. The highest BCUT2D eigenvalue weighted by Crippen LogP contribution is 2.42. The fourth-order valence-corrected chi connectivity index (χ4v) is 5.62. The number of pyridine rings is 2. The van der Waals surface area contributed by atoms with E-state index >= 15 is 0 Å². The Bertz CT molecular complexity index is 2120. The number of aromatic nitrogens is 10. The molecular weight excluding hydrogens is 664 g/mol. The first-order valence-electron chi connectivity index (χ1n) is 16.3. The van der Waals surface area contributed by atoms with Gasteiger partial charge in [0.1, 0.15) is 17.0 Å². The lowest BCUT2D eigenvalue weighted by Crippen LogP contribution is -2.27. The van der Waals surface area contributed by atoms with Gasteiger partial charge in [-0.2, -0.15) is 0 Å². The maximum absolute atomic E-state index is 12.3. The Kier molecular flexibility index (Phi) is 9.78. The molecule has 0 aliphatic heterocycles. The van der Waals surface area contributed by atoms with Crippen molar-refractivity contribution < 1.29 is 19.7 Å². The van der Waals surface area contributed by atoms with Gasteiger partial charge in [-0.15, -0.1) is 22.6 Å². The van der Waals surface area contributed by atoms with Crippen LogP contribution in [0.3, 0.4) is 0 Å². The number of imidazole rings is 2. The first kappa shape index (κ1) is 34.8. The summed E-state index contributed by atoms with van der Waals surface area (Å²) in [5.74, 6) is 1.18. The van der Waals surface area contributed by atoms with Crippen molar-refractivity contribution in [2.75, 3.05) is 11.1 Å². The van der Waals surface area contributed by atoms with Gasteiger partial charge in [-0.3, -0.25) is 5.32 Å². The molecule has 6 aromatic heterocycles. The second-order valence-electron chi connectivity index (χ2n) is 13.6. The van der Waals surface area contributed by atoms with E-state index < -0.39 is 11.7 Å². The largest absolute Gasteiger partial charge is 0.444 e. The molecule has 264 valence electrons. The number of aliphatic hydroxyl groups excluding tert-OH is 2. The molecule has 50 heavy (non-hydrogen) atoms. The van der Waals surface area contributed by atoms with E-state index in [2.05, 4.69) is 48.3 Å². The number of hydrogen-bond acceptors (Lipinski definition) is 11. The summed E-state index contributed by atoms with van der Waals surface area (Å²) < 4.78 is 12.6. The number of ether oxygens (including phenoxy) is 1. The standard InChI is InChI=1S/C19H24N6O3.C14H16N6O.ClH/c1-19(2,3)28-18(27)21-16-6-13(12-4-5-12)7-24-8-14(20-17(16)24)9-25-10-15(11-26)22-23-25;15-13-3-10(9-1-2-9)4-19-5-11(16-14(13)19)6-20-7-12(8-21)17-18-20;/h6-8,10,12,26H,4-5,9,11H2,1-3H3,(H,21,27);3-5,7,9,21H,1-2,6,8,15H2;1H. The number of fused-ring (bicyclic) bond motifs is 2. The summed E-state index contributed by atoms with van der Waals surface area (Å²) in [7, 11) is 0. The van der Waals surface area contributed by atoms with Crippen LogP contribution in [0.5, 0.6) is 0 Å². The molecule has 0 spiro atoms. The van der Waals surface area contributed by atoms with Crippen molar-refractivity contribution in [2.45, 2.75) is 90.2 Å². The second kappa shape index (κ2) is 14.0. The van der Waals surface area contributed by atoms with E-state index in [0.29, 0.717) is 53.3 Å². The van der Waals surface area contributed by atoms with Crippen LogP contribution in [0.4, 0.5) is 16.2 Å². The van der Waals surface area contributed by atoms with Crippen LogP contribution in [0.2, 0.25) is 0 Å². The van der Waals surface area contributed by atoms with Gasteiger partial charge in [-0.25, -0.2) is 24.1 Å². The molecule has 5 N–H and O–H groups in total.